The summed E-state index contributed by atoms with van der Waals surface area (Å²) in [5.41, 5.74) is 4.25. The molecule has 0 radical (unpaired) electrons. The molecule has 0 atom stereocenters. The number of aliphatic hydroxyl groups excluding tert-OH is 1. The minimum Gasteiger partial charge on any atom is -0.392 e. The summed E-state index contributed by atoms with van der Waals surface area (Å²) in [4.78, 5) is 0. The summed E-state index contributed by atoms with van der Waals surface area (Å²) in [6, 6.07) is 3.98. The summed E-state index contributed by atoms with van der Waals surface area (Å²) in [6.07, 6.45) is 4.57. The van der Waals surface area contributed by atoms with Gasteiger partial charge in [0, 0.05) is 0 Å². The Balaban J connectivity index is 3.43. The molecule has 0 saturated carbocycles. The lowest BCUT2D eigenvalue weighted by molar-refractivity contribution is 0.281. The van der Waals surface area contributed by atoms with E-state index >= 15 is 0 Å². The molecule has 0 heterocycles. The van der Waals surface area contributed by atoms with Gasteiger partial charge in [0.2, 0.25) is 0 Å². The van der Waals surface area contributed by atoms with Gasteiger partial charge in [-0.3, -0.25) is 0 Å². The lowest BCUT2D eigenvalue weighted by atomic mass is 9.95. The van der Waals surface area contributed by atoms with E-state index in [1.165, 1.54) is 5.56 Å². The second-order valence-corrected chi connectivity index (χ2v) is 3.13. The molecule has 1 nitrogen and oxygen atoms in total. The van der Waals surface area contributed by atoms with Gasteiger partial charge in [0.1, 0.15) is 0 Å². The molecule has 0 amide bonds. The molecule has 0 aromatic heterocycles. The van der Waals surface area contributed by atoms with Crippen molar-refractivity contribution in [1.29, 1.82) is 0 Å². The Morgan fingerprint density at radius 3 is 2.07 bits per heavy atom. The minimum absolute atomic E-state index is 0.0478. The van der Waals surface area contributed by atoms with Crippen LogP contribution in [-0.2, 0) is 13.0 Å². The third-order valence-corrected chi connectivity index (χ3v) is 2.43. The van der Waals surface area contributed by atoms with Gasteiger partial charge in [0.15, 0.2) is 0 Å². The van der Waals surface area contributed by atoms with Crippen LogP contribution in [0.25, 0.3) is 12.2 Å². The third-order valence-electron chi connectivity index (χ3n) is 2.43. The van der Waals surface area contributed by atoms with E-state index in [4.69, 9.17) is 5.11 Å². The number of hydrogen-bond acceptors (Lipinski definition) is 1. The SMILES string of the molecule is C=Cc1c(CC)ccc(CO)c1C=C. The fraction of sp³-hybridized carbons (Fsp3) is 0.231. The molecule has 1 rings (SSSR count). The molecule has 0 aliphatic carbocycles. The molecule has 0 unspecified atom stereocenters. The second kappa shape index (κ2) is 4.77. The number of rotatable bonds is 4. The number of aliphatic hydroxyl groups is 1. The molecule has 0 aliphatic rings. The summed E-state index contributed by atoms with van der Waals surface area (Å²) < 4.78 is 0. The van der Waals surface area contributed by atoms with Crippen LogP contribution < -0.4 is 0 Å². The van der Waals surface area contributed by atoms with Gasteiger partial charge < -0.3 is 5.11 Å². The molecule has 1 aromatic carbocycles. The van der Waals surface area contributed by atoms with Gasteiger partial charge in [-0.25, -0.2) is 0 Å². The molecule has 0 spiro atoms. The maximum Gasteiger partial charge on any atom is 0.0687 e. The number of benzene rings is 1. The van der Waals surface area contributed by atoms with Crippen molar-refractivity contribution in [3.05, 3.63) is 47.5 Å². The predicted octanol–water partition coefficient (Wildman–Crippen LogP) is 3.03. The average Bonchev–Trinajstić information content (AvgIpc) is 2.26. The van der Waals surface area contributed by atoms with Crippen molar-refractivity contribution >= 4 is 12.2 Å². The van der Waals surface area contributed by atoms with Crippen molar-refractivity contribution in [3.8, 4) is 0 Å². The molecule has 1 N–H and O–H groups in total. The van der Waals surface area contributed by atoms with Crippen molar-refractivity contribution in [2.45, 2.75) is 20.0 Å². The smallest absolute Gasteiger partial charge is 0.0687 e. The lowest BCUT2D eigenvalue weighted by Gasteiger charge is -2.11. The Morgan fingerprint density at radius 1 is 1.14 bits per heavy atom. The molecular weight excluding hydrogens is 172 g/mol. The van der Waals surface area contributed by atoms with Crippen molar-refractivity contribution < 1.29 is 5.11 Å². The van der Waals surface area contributed by atoms with Crippen molar-refractivity contribution in [3.63, 3.8) is 0 Å². The Hall–Kier alpha value is -1.34. The first-order valence-electron chi connectivity index (χ1n) is 4.78. The van der Waals surface area contributed by atoms with E-state index in [2.05, 4.69) is 20.1 Å². The molecule has 1 aromatic rings. The fourth-order valence-corrected chi connectivity index (χ4v) is 1.65. The van der Waals surface area contributed by atoms with Crippen LogP contribution in [0.15, 0.2) is 25.3 Å². The van der Waals surface area contributed by atoms with Gasteiger partial charge in [-0.15, -0.1) is 0 Å². The van der Waals surface area contributed by atoms with E-state index in [0.29, 0.717) is 0 Å². The summed E-state index contributed by atoms with van der Waals surface area (Å²) in [7, 11) is 0. The largest absolute Gasteiger partial charge is 0.392 e. The number of aryl methyl sites for hydroxylation is 1. The van der Waals surface area contributed by atoms with Gasteiger partial charge in [-0.1, -0.05) is 44.4 Å². The highest BCUT2D eigenvalue weighted by molar-refractivity contribution is 5.69. The highest BCUT2D eigenvalue weighted by Crippen LogP contribution is 2.22. The molecule has 0 bridgehead atoms. The van der Waals surface area contributed by atoms with Gasteiger partial charge in [-0.05, 0) is 28.7 Å². The normalized spacial score (nSPS) is 9.86. The van der Waals surface area contributed by atoms with Crippen molar-refractivity contribution in [1.82, 2.24) is 0 Å². The highest BCUT2D eigenvalue weighted by Gasteiger charge is 2.06. The minimum atomic E-state index is 0.0478. The molecule has 0 saturated heterocycles. The molecule has 74 valence electrons. The molecule has 14 heavy (non-hydrogen) atoms. The number of hydrogen-bond donors (Lipinski definition) is 1. The first kappa shape index (κ1) is 10.7. The van der Waals surface area contributed by atoms with E-state index in [-0.39, 0.29) is 6.61 Å². The highest BCUT2D eigenvalue weighted by atomic mass is 16.3. The molecule has 1 heteroatoms. The Bertz CT molecular complexity index is 315. The summed E-state index contributed by atoms with van der Waals surface area (Å²) in [5, 5.41) is 9.15. The van der Waals surface area contributed by atoms with Gasteiger partial charge in [-0.2, -0.15) is 0 Å². The van der Waals surface area contributed by atoms with Gasteiger partial charge in [0.25, 0.3) is 0 Å². The summed E-state index contributed by atoms with van der Waals surface area (Å²) in [6.45, 7) is 9.71. The monoisotopic (exact) mass is 188 g/mol. The zero-order chi connectivity index (χ0) is 10.6. The molecule has 0 aliphatic heterocycles. The lowest BCUT2D eigenvalue weighted by Crippen LogP contribution is -1.96. The molecular formula is C13H16O. The quantitative estimate of drug-likeness (QED) is 0.770. The van der Waals surface area contributed by atoms with Crippen LogP contribution in [0.5, 0.6) is 0 Å². The first-order valence-corrected chi connectivity index (χ1v) is 4.78. The van der Waals surface area contributed by atoms with Crippen LogP contribution in [0.2, 0.25) is 0 Å². The second-order valence-electron chi connectivity index (χ2n) is 3.13. The first-order chi connectivity index (χ1) is 6.78. The maximum absolute atomic E-state index is 9.15. The van der Waals surface area contributed by atoms with Crippen LogP contribution >= 0.6 is 0 Å². The summed E-state index contributed by atoms with van der Waals surface area (Å²) in [5.74, 6) is 0. The van der Waals surface area contributed by atoms with Crippen molar-refractivity contribution in [2.24, 2.45) is 0 Å². The summed E-state index contributed by atoms with van der Waals surface area (Å²) >= 11 is 0. The van der Waals surface area contributed by atoms with Crippen LogP contribution in [0, 0.1) is 0 Å². The molecule has 0 fully saturated rings. The fourth-order valence-electron chi connectivity index (χ4n) is 1.65. The Morgan fingerprint density at radius 2 is 1.64 bits per heavy atom. The third kappa shape index (κ3) is 1.78. The van der Waals surface area contributed by atoms with Crippen LogP contribution in [0.3, 0.4) is 0 Å². The zero-order valence-corrected chi connectivity index (χ0v) is 8.59. The Kier molecular flexibility index (Phi) is 3.66. The van der Waals surface area contributed by atoms with Gasteiger partial charge >= 0.3 is 0 Å². The zero-order valence-electron chi connectivity index (χ0n) is 8.59. The van der Waals surface area contributed by atoms with Crippen LogP contribution in [0.4, 0.5) is 0 Å². The average molecular weight is 188 g/mol. The van der Waals surface area contributed by atoms with E-state index < -0.39 is 0 Å². The maximum atomic E-state index is 9.15. The van der Waals surface area contributed by atoms with Gasteiger partial charge in [0.05, 0.1) is 6.61 Å². The van der Waals surface area contributed by atoms with E-state index in [0.717, 1.165) is 23.1 Å². The van der Waals surface area contributed by atoms with Crippen LogP contribution in [0.1, 0.15) is 29.2 Å². The van der Waals surface area contributed by atoms with Crippen molar-refractivity contribution in [2.75, 3.05) is 0 Å². The van der Waals surface area contributed by atoms with E-state index in [1.54, 1.807) is 6.08 Å². The topological polar surface area (TPSA) is 20.2 Å². The standard InChI is InChI=1S/C13H16O/c1-4-10-7-8-11(9-14)13(6-3)12(10)5-2/h5-8,14H,2-4,9H2,1H3. The van der Waals surface area contributed by atoms with Crippen LogP contribution in [-0.4, -0.2) is 5.11 Å². The predicted molar refractivity (Wildman–Crippen MR) is 61.9 cm³/mol. The Labute approximate surface area is 85.4 Å². The van der Waals surface area contributed by atoms with E-state index in [9.17, 15) is 0 Å². The van der Waals surface area contributed by atoms with E-state index in [1.807, 2.05) is 18.2 Å².